The predicted molar refractivity (Wildman–Crippen MR) is 144 cm³/mol. The molecule has 0 amide bonds. The minimum absolute atomic E-state index is 0.133. The molecule has 0 spiro atoms. The summed E-state index contributed by atoms with van der Waals surface area (Å²) >= 11 is 0. The number of hydrogen-bond donors (Lipinski definition) is 3. The first kappa shape index (κ1) is 23.6. The van der Waals surface area contributed by atoms with Crippen LogP contribution in [-0.4, -0.2) is 43.4 Å². The Morgan fingerprint density at radius 2 is 1.92 bits per heavy atom. The number of aliphatic hydroxyl groups excluding tert-OH is 1. The topological polar surface area (TPSA) is 111 Å². The number of rotatable bonds is 4. The second-order valence-electron chi connectivity index (χ2n) is 10.0. The van der Waals surface area contributed by atoms with Gasteiger partial charge in [-0.15, -0.1) is 0 Å². The first-order valence-electron chi connectivity index (χ1n) is 12.9. The number of nitrogens with zero attached hydrogens (tertiary/aromatic N) is 4. The van der Waals surface area contributed by atoms with E-state index in [9.17, 15) is 5.11 Å². The van der Waals surface area contributed by atoms with Crippen LogP contribution in [0, 0.1) is 6.92 Å². The Labute approximate surface area is 216 Å². The number of nitrogen functional groups attached to an aromatic ring is 1. The van der Waals surface area contributed by atoms with E-state index in [0.29, 0.717) is 36.2 Å². The summed E-state index contributed by atoms with van der Waals surface area (Å²) in [5.74, 6) is 1.18. The van der Waals surface area contributed by atoms with Gasteiger partial charge in [0.1, 0.15) is 5.82 Å². The summed E-state index contributed by atoms with van der Waals surface area (Å²) in [5, 5.41) is 13.0. The highest BCUT2D eigenvalue weighted by molar-refractivity contribution is 5.82. The Hall–Kier alpha value is -3.75. The summed E-state index contributed by atoms with van der Waals surface area (Å²) in [4.78, 5) is 13.5. The van der Waals surface area contributed by atoms with Gasteiger partial charge in [0, 0.05) is 12.6 Å². The molecule has 3 heterocycles. The van der Waals surface area contributed by atoms with E-state index in [4.69, 9.17) is 10.5 Å². The van der Waals surface area contributed by atoms with Gasteiger partial charge in [0.05, 0.1) is 19.3 Å². The number of nitrogens with one attached hydrogen (secondary N) is 1. The number of aromatic nitrogens is 4. The van der Waals surface area contributed by atoms with Crippen LogP contribution in [0.2, 0.25) is 0 Å². The van der Waals surface area contributed by atoms with Crippen LogP contribution in [0.5, 0.6) is 6.01 Å². The van der Waals surface area contributed by atoms with Crippen molar-refractivity contribution in [3.8, 4) is 17.1 Å². The molecule has 37 heavy (non-hydrogen) atoms. The number of imidazole rings is 1. The molecule has 8 nitrogen and oxygen atoms in total. The Bertz CT molecular complexity index is 1450. The highest BCUT2D eigenvalue weighted by Crippen LogP contribution is 2.29. The average molecular weight is 497 g/mol. The molecule has 2 aliphatic rings. The van der Waals surface area contributed by atoms with Gasteiger partial charge in [0.25, 0.3) is 0 Å². The molecule has 8 heteroatoms. The SMILES string of the molecule is Cc1nc2c(N)nc3nc2n1Cc1ccc(-c2ccc(CNC4CC(O)C4)cc2)c(c1)C/C=C/CCO3. The summed E-state index contributed by atoms with van der Waals surface area (Å²) < 4.78 is 7.87. The van der Waals surface area contributed by atoms with Crippen LogP contribution in [0.25, 0.3) is 22.3 Å². The maximum absolute atomic E-state index is 9.49. The molecular formula is C29H32N6O2. The molecule has 1 fully saturated rings. The normalized spacial score (nSPS) is 20.3. The van der Waals surface area contributed by atoms with Crippen LogP contribution in [0.1, 0.15) is 41.8 Å². The molecule has 6 rings (SSSR count). The quantitative estimate of drug-likeness (QED) is 0.367. The van der Waals surface area contributed by atoms with Crippen LogP contribution >= 0.6 is 0 Å². The zero-order valence-electron chi connectivity index (χ0n) is 21.0. The lowest BCUT2D eigenvalue weighted by atomic mass is 9.89. The van der Waals surface area contributed by atoms with E-state index in [-0.39, 0.29) is 12.1 Å². The number of aryl methyl sites for hydroxylation is 1. The highest BCUT2D eigenvalue weighted by Gasteiger charge is 2.26. The Balaban J connectivity index is 1.30. The minimum Gasteiger partial charge on any atom is -0.463 e. The van der Waals surface area contributed by atoms with Crippen molar-refractivity contribution in [2.75, 3.05) is 12.3 Å². The van der Waals surface area contributed by atoms with E-state index >= 15 is 0 Å². The van der Waals surface area contributed by atoms with Gasteiger partial charge in [-0.2, -0.15) is 9.97 Å². The van der Waals surface area contributed by atoms with E-state index in [1.807, 2.05) is 6.92 Å². The summed E-state index contributed by atoms with van der Waals surface area (Å²) in [6.07, 6.45) is 7.51. The first-order chi connectivity index (χ1) is 18.0. The second-order valence-corrected chi connectivity index (χ2v) is 10.0. The maximum atomic E-state index is 9.49. The van der Waals surface area contributed by atoms with Gasteiger partial charge in [-0.1, -0.05) is 54.6 Å². The van der Waals surface area contributed by atoms with Gasteiger partial charge >= 0.3 is 6.01 Å². The molecule has 4 N–H and O–H groups in total. The van der Waals surface area contributed by atoms with Crippen molar-refractivity contribution in [2.45, 2.75) is 57.8 Å². The highest BCUT2D eigenvalue weighted by atomic mass is 16.5. The summed E-state index contributed by atoms with van der Waals surface area (Å²) in [5.41, 5.74) is 13.6. The van der Waals surface area contributed by atoms with E-state index in [1.54, 1.807) is 0 Å². The molecule has 4 bridgehead atoms. The molecule has 2 aromatic carbocycles. The molecule has 0 radical (unpaired) electrons. The predicted octanol–water partition coefficient (Wildman–Crippen LogP) is 3.93. The van der Waals surface area contributed by atoms with Crippen LogP contribution in [0.15, 0.2) is 54.6 Å². The van der Waals surface area contributed by atoms with Crippen LogP contribution in [0.3, 0.4) is 0 Å². The fourth-order valence-corrected chi connectivity index (χ4v) is 5.11. The summed E-state index contributed by atoms with van der Waals surface area (Å²) in [6, 6.07) is 16.2. The number of allylic oxidation sites excluding steroid dienone is 1. The Morgan fingerprint density at radius 3 is 2.73 bits per heavy atom. The average Bonchev–Trinajstić information content (AvgIpc) is 3.19. The van der Waals surface area contributed by atoms with Crippen molar-refractivity contribution in [3.63, 3.8) is 0 Å². The molecule has 0 atom stereocenters. The van der Waals surface area contributed by atoms with Gasteiger partial charge in [0.15, 0.2) is 17.0 Å². The van der Waals surface area contributed by atoms with Gasteiger partial charge in [-0.25, -0.2) is 4.98 Å². The van der Waals surface area contributed by atoms with Gasteiger partial charge < -0.3 is 25.5 Å². The van der Waals surface area contributed by atoms with E-state index < -0.39 is 0 Å². The van der Waals surface area contributed by atoms with Crippen LogP contribution in [-0.2, 0) is 19.5 Å². The smallest absolute Gasteiger partial charge is 0.320 e. The molecular weight excluding hydrogens is 464 g/mol. The monoisotopic (exact) mass is 496 g/mol. The molecule has 4 aromatic rings. The molecule has 190 valence electrons. The lowest BCUT2D eigenvalue weighted by molar-refractivity contribution is 0.0619. The molecule has 1 aliphatic carbocycles. The lowest BCUT2D eigenvalue weighted by Gasteiger charge is -2.32. The molecule has 0 unspecified atom stereocenters. The fourth-order valence-electron chi connectivity index (χ4n) is 5.11. The number of hydrogen-bond acceptors (Lipinski definition) is 7. The fraction of sp³-hybridized carbons (Fsp3) is 0.345. The Kier molecular flexibility index (Phi) is 6.36. The number of nitrogens with two attached hydrogens (primary N) is 1. The standard InChI is InChI=1S/C29H32N6O2/c1-18-32-26-27(30)33-29-34-28(26)35(18)17-20-8-11-25(22(13-20)5-3-2-4-12-37-29)21-9-6-19(7-10-21)16-31-23-14-24(36)15-23/h2-3,6-11,13,23-24,31,36H,4-5,12,14-17H2,1H3,(H2,30,33,34)/b3-2+. The van der Waals surface area contributed by atoms with Crippen molar-refractivity contribution < 1.29 is 9.84 Å². The molecule has 1 saturated carbocycles. The lowest BCUT2D eigenvalue weighted by Crippen LogP contribution is -2.43. The van der Waals surface area contributed by atoms with Gasteiger partial charge in [-0.3, -0.25) is 0 Å². The van der Waals surface area contributed by atoms with Crippen molar-refractivity contribution in [1.82, 2.24) is 24.8 Å². The zero-order chi connectivity index (χ0) is 25.4. The minimum atomic E-state index is -0.133. The largest absolute Gasteiger partial charge is 0.463 e. The van der Waals surface area contributed by atoms with Gasteiger partial charge in [0.2, 0.25) is 0 Å². The third-order valence-corrected chi connectivity index (χ3v) is 7.30. The van der Waals surface area contributed by atoms with E-state index in [0.717, 1.165) is 38.1 Å². The van der Waals surface area contributed by atoms with Crippen LogP contribution < -0.4 is 15.8 Å². The van der Waals surface area contributed by atoms with Crippen LogP contribution in [0.4, 0.5) is 5.82 Å². The first-order valence-corrected chi connectivity index (χ1v) is 12.9. The number of aliphatic hydroxyl groups is 1. The maximum Gasteiger partial charge on any atom is 0.320 e. The number of ether oxygens (including phenoxy) is 1. The Morgan fingerprint density at radius 1 is 1.08 bits per heavy atom. The van der Waals surface area contributed by atoms with Gasteiger partial charge in [-0.05, 0) is 60.4 Å². The molecule has 1 aliphatic heterocycles. The third-order valence-electron chi connectivity index (χ3n) is 7.30. The van der Waals surface area contributed by atoms with E-state index in [1.165, 1.54) is 27.8 Å². The third kappa shape index (κ3) is 4.95. The second kappa shape index (κ2) is 9.95. The number of benzene rings is 2. The number of fused-ring (bicyclic) bond motifs is 3. The van der Waals surface area contributed by atoms with Crippen molar-refractivity contribution >= 4 is 17.0 Å². The summed E-state index contributed by atoms with van der Waals surface area (Å²) in [7, 11) is 0. The molecule has 0 saturated heterocycles. The van der Waals surface area contributed by atoms with Crippen molar-refractivity contribution in [1.29, 1.82) is 0 Å². The zero-order valence-corrected chi connectivity index (χ0v) is 21.0. The van der Waals surface area contributed by atoms with Crippen molar-refractivity contribution in [3.05, 3.63) is 77.1 Å². The summed E-state index contributed by atoms with van der Waals surface area (Å²) in [6.45, 7) is 3.90. The number of anilines is 1. The van der Waals surface area contributed by atoms with E-state index in [2.05, 4.69) is 79.5 Å². The van der Waals surface area contributed by atoms with Crippen molar-refractivity contribution in [2.24, 2.45) is 0 Å². The molecule has 2 aromatic heterocycles.